The van der Waals surface area contributed by atoms with E-state index in [4.69, 9.17) is 0 Å². The molecule has 0 spiro atoms. The summed E-state index contributed by atoms with van der Waals surface area (Å²) in [7, 11) is 0. The first-order valence-corrected chi connectivity index (χ1v) is 7.08. The van der Waals surface area contributed by atoms with Crippen molar-refractivity contribution in [1.29, 1.82) is 0 Å². The molecule has 0 aliphatic rings. The number of benzene rings is 1. The summed E-state index contributed by atoms with van der Waals surface area (Å²) in [5.74, 6) is 0.0312. The minimum Gasteiger partial charge on any atom is -0.355 e. The highest BCUT2D eigenvalue weighted by Gasteiger charge is 2.10. The van der Waals surface area contributed by atoms with Crippen molar-refractivity contribution in [2.45, 2.75) is 26.4 Å². The smallest absolute Gasteiger partial charge is 0.236 e. The topological polar surface area (TPSA) is 41.1 Å². The van der Waals surface area contributed by atoms with Crippen molar-refractivity contribution in [1.82, 2.24) is 10.6 Å². The van der Waals surface area contributed by atoms with Crippen LogP contribution in [0.5, 0.6) is 0 Å². The Bertz CT molecular complexity index is 396. The van der Waals surface area contributed by atoms with Crippen LogP contribution in [0.2, 0.25) is 0 Å². The van der Waals surface area contributed by atoms with E-state index in [2.05, 4.69) is 42.5 Å². The zero-order valence-corrected chi connectivity index (χ0v) is 13.1. The minimum atomic E-state index is -0.183. The Kier molecular flexibility index (Phi) is 6.16. The molecule has 0 bridgehead atoms. The first-order chi connectivity index (χ1) is 8.04. The van der Waals surface area contributed by atoms with Crippen LogP contribution in [-0.2, 0) is 11.3 Å². The summed E-state index contributed by atoms with van der Waals surface area (Å²) in [6, 6.07) is 5.85. The van der Waals surface area contributed by atoms with Gasteiger partial charge in [0.05, 0.1) is 6.04 Å². The van der Waals surface area contributed by atoms with E-state index in [0.29, 0.717) is 13.1 Å². The van der Waals surface area contributed by atoms with Crippen molar-refractivity contribution in [3.05, 3.63) is 32.7 Å². The molecule has 17 heavy (non-hydrogen) atoms. The third-order valence-electron chi connectivity index (χ3n) is 2.34. The van der Waals surface area contributed by atoms with Crippen molar-refractivity contribution >= 4 is 37.8 Å². The van der Waals surface area contributed by atoms with Crippen LogP contribution >= 0.6 is 31.9 Å². The zero-order chi connectivity index (χ0) is 12.8. The van der Waals surface area contributed by atoms with Gasteiger partial charge in [-0.05, 0) is 63.4 Å². The van der Waals surface area contributed by atoms with Crippen LogP contribution in [0, 0.1) is 0 Å². The van der Waals surface area contributed by atoms with E-state index < -0.39 is 0 Å². The van der Waals surface area contributed by atoms with Crippen LogP contribution in [0.4, 0.5) is 0 Å². The molecule has 1 atom stereocenters. The molecule has 1 aromatic rings. The van der Waals surface area contributed by atoms with Gasteiger partial charge >= 0.3 is 0 Å². The van der Waals surface area contributed by atoms with E-state index in [0.717, 1.165) is 14.5 Å². The van der Waals surface area contributed by atoms with Crippen LogP contribution in [-0.4, -0.2) is 18.5 Å². The van der Waals surface area contributed by atoms with Gasteiger partial charge in [0.15, 0.2) is 0 Å². The summed E-state index contributed by atoms with van der Waals surface area (Å²) in [6.07, 6.45) is 0. The minimum absolute atomic E-state index is 0.0312. The number of amides is 1. The lowest BCUT2D eigenvalue weighted by Crippen LogP contribution is -2.41. The molecule has 2 N–H and O–H groups in total. The van der Waals surface area contributed by atoms with Gasteiger partial charge in [-0.3, -0.25) is 4.79 Å². The molecule has 0 heterocycles. The second-order valence-electron chi connectivity index (χ2n) is 3.75. The molecule has 1 amide bonds. The fraction of sp³-hybridized carbons (Fsp3) is 0.417. The van der Waals surface area contributed by atoms with E-state index >= 15 is 0 Å². The first kappa shape index (κ1) is 14.7. The van der Waals surface area contributed by atoms with Gasteiger partial charge < -0.3 is 10.6 Å². The maximum absolute atomic E-state index is 11.5. The average Bonchev–Trinajstić information content (AvgIpc) is 2.30. The lowest BCUT2D eigenvalue weighted by atomic mass is 10.2. The Morgan fingerprint density at radius 3 is 2.65 bits per heavy atom. The lowest BCUT2D eigenvalue weighted by molar-refractivity contribution is -0.122. The predicted octanol–water partition coefficient (Wildman–Crippen LogP) is 2.83. The molecule has 0 fully saturated rings. The molecular weight excluding hydrogens is 348 g/mol. The largest absolute Gasteiger partial charge is 0.355 e. The number of carbonyl (C=O) groups is 1. The second-order valence-corrected chi connectivity index (χ2v) is 5.45. The van der Waals surface area contributed by atoms with Gasteiger partial charge in [0.1, 0.15) is 0 Å². The molecule has 0 radical (unpaired) electrons. The van der Waals surface area contributed by atoms with Gasteiger partial charge in [-0.25, -0.2) is 0 Å². The Morgan fingerprint density at radius 2 is 2.06 bits per heavy atom. The summed E-state index contributed by atoms with van der Waals surface area (Å²) in [6.45, 7) is 5.11. The third kappa shape index (κ3) is 4.77. The van der Waals surface area contributed by atoms with Crippen molar-refractivity contribution in [2.75, 3.05) is 6.54 Å². The molecular formula is C12H16Br2N2O. The summed E-state index contributed by atoms with van der Waals surface area (Å²) in [5, 5.41) is 5.97. The number of rotatable bonds is 5. The molecule has 94 valence electrons. The van der Waals surface area contributed by atoms with Gasteiger partial charge in [-0.1, -0.05) is 6.07 Å². The van der Waals surface area contributed by atoms with Crippen LogP contribution < -0.4 is 10.6 Å². The maximum atomic E-state index is 11.5. The molecule has 1 aromatic carbocycles. The number of hydrogen-bond donors (Lipinski definition) is 2. The third-order valence-corrected chi connectivity index (χ3v) is 4.22. The molecule has 0 saturated carbocycles. The fourth-order valence-corrected chi connectivity index (χ4v) is 2.01. The number of hydrogen-bond acceptors (Lipinski definition) is 2. The summed E-state index contributed by atoms with van der Waals surface area (Å²) in [4.78, 5) is 11.5. The average molecular weight is 364 g/mol. The second kappa shape index (κ2) is 7.13. The van der Waals surface area contributed by atoms with Gasteiger partial charge in [0.25, 0.3) is 0 Å². The quantitative estimate of drug-likeness (QED) is 0.844. The Hall–Kier alpha value is -0.390. The number of nitrogens with one attached hydrogen (secondary N) is 2. The van der Waals surface area contributed by atoms with Crippen molar-refractivity contribution in [3.8, 4) is 0 Å². The zero-order valence-electron chi connectivity index (χ0n) is 9.89. The molecule has 0 aromatic heterocycles. The van der Waals surface area contributed by atoms with Gasteiger partial charge in [0, 0.05) is 22.0 Å². The Balaban J connectivity index is 2.50. The maximum Gasteiger partial charge on any atom is 0.236 e. The van der Waals surface area contributed by atoms with E-state index in [1.54, 1.807) is 0 Å². The van der Waals surface area contributed by atoms with Crippen LogP contribution in [0.25, 0.3) is 0 Å². The lowest BCUT2D eigenvalue weighted by Gasteiger charge is -2.13. The standard InChI is InChI=1S/C12H16Br2N2O/c1-3-15-12(17)8(2)16-7-9-4-5-10(13)11(14)6-9/h4-6,8,16H,3,7H2,1-2H3,(H,15,17). The fourth-order valence-electron chi connectivity index (χ4n) is 1.34. The molecule has 1 rings (SSSR count). The molecule has 0 aliphatic heterocycles. The summed E-state index contributed by atoms with van der Waals surface area (Å²) in [5.41, 5.74) is 1.14. The molecule has 0 saturated heterocycles. The van der Waals surface area contributed by atoms with E-state index in [-0.39, 0.29) is 11.9 Å². The monoisotopic (exact) mass is 362 g/mol. The highest BCUT2D eigenvalue weighted by atomic mass is 79.9. The molecule has 0 aliphatic carbocycles. The normalized spacial score (nSPS) is 12.2. The van der Waals surface area contributed by atoms with Crippen molar-refractivity contribution < 1.29 is 4.79 Å². The van der Waals surface area contributed by atoms with Crippen molar-refractivity contribution in [3.63, 3.8) is 0 Å². The summed E-state index contributed by atoms with van der Waals surface area (Å²) >= 11 is 6.87. The first-order valence-electron chi connectivity index (χ1n) is 5.49. The SMILES string of the molecule is CCNC(=O)C(C)NCc1ccc(Br)c(Br)c1. The molecule has 3 nitrogen and oxygen atoms in total. The number of halogens is 2. The number of likely N-dealkylation sites (N-methyl/N-ethyl adjacent to an activating group) is 1. The summed E-state index contributed by atoms with van der Waals surface area (Å²) < 4.78 is 2.04. The number of carbonyl (C=O) groups excluding carboxylic acids is 1. The highest BCUT2D eigenvalue weighted by molar-refractivity contribution is 9.13. The van der Waals surface area contributed by atoms with Gasteiger partial charge in [-0.2, -0.15) is 0 Å². The van der Waals surface area contributed by atoms with E-state index in [1.165, 1.54) is 0 Å². The van der Waals surface area contributed by atoms with Crippen molar-refractivity contribution in [2.24, 2.45) is 0 Å². The predicted molar refractivity (Wildman–Crippen MR) is 76.8 cm³/mol. The van der Waals surface area contributed by atoms with Crippen LogP contribution in [0.1, 0.15) is 19.4 Å². The van der Waals surface area contributed by atoms with Crippen LogP contribution in [0.15, 0.2) is 27.1 Å². The van der Waals surface area contributed by atoms with Crippen LogP contribution in [0.3, 0.4) is 0 Å². The highest BCUT2D eigenvalue weighted by Crippen LogP contribution is 2.23. The van der Waals surface area contributed by atoms with E-state index in [9.17, 15) is 4.79 Å². The molecule has 5 heteroatoms. The Labute approximate surface area is 119 Å². The molecule has 1 unspecified atom stereocenters. The van der Waals surface area contributed by atoms with Gasteiger partial charge in [-0.15, -0.1) is 0 Å². The Morgan fingerprint density at radius 1 is 1.35 bits per heavy atom. The van der Waals surface area contributed by atoms with E-state index in [1.807, 2.05) is 32.0 Å². The van der Waals surface area contributed by atoms with Gasteiger partial charge in [0.2, 0.25) is 5.91 Å².